The first-order chi connectivity index (χ1) is 8.81. The lowest BCUT2D eigenvalue weighted by molar-refractivity contribution is -0.145. The van der Waals surface area contributed by atoms with Crippen molar-refractivity contribution in [1.82, 2.24) is 5.32 Å². The van der Waals surface area contributed by atoms with Gasteiger partial charge in [-0.2, -0.15) is 0 Å². The van der Waals surface area contributed by atoms with E-state index in [1.165, 1.54) is 18.2 Å². The number of phenols is 1. The minimum absolute atomic E-state index is 0.139. The number of aliphatic carboxylic acids is 2. The van der Waals surface area contributed by atoms with Crippen LogP contribution >= 0.6 is 15.9 Å². The molecule has 1 unspecified atom stereocenters. The number of hydrogen-bond acceptors (Lipinski definition) is 4. The molecule has 1 atom stereocenters. The van der Waals surface area contributed by atoms with Gasteiger partial charge < -0.3 is 20.6 Å². The molecule has 0 aliphatic rings. The molecule has 7 nitrogen and oxygen atoms in total. The maximum absolute atomic E-state index is 11.7. The van der Waals surface area contributed by atoms with Crippen molar-refractivity contribution in [3.63, 3.8) is 0 Å². The van der Waals surface area contributed by atoms with E-state index in [1.807, 2.05) is 5.32 Å². The second-order valence-electron chi connectivity index (χ2n) is 3.62. The fourth-order valence-corrected chi connectivity index (χ4v) is 1.66. The third-order valence-corrected chi connectivity index (χ3v) is 2.68. The van der Waals surface area contributed by atoms with Gasteiger partial charge in [0.15, 0.2) is 0 Å². The summed E-state index contributed by atoms with van der Waals surface area (Å²) < 4.78 is 0.543. The van der Waals surface area contributed by atoms with E-state index in [0.717, 1.165) is 0 Å². The van der Waals surface area contributed by atoms with Gasteiger partial charge in [0, 0.05) is 4.47 Å². The summed E-state index contributed by atoms with van der Waals surface area (Å²) in [6.07, 6.45) is -0.752. The van der Waals surface area contributed by atoms with Crippen LogP contribution < -0.4 is 5.32 Å². The van der Waals surface area contributed by atoms with Crippen molar-refractivity contribution >= 4 is 33.8 Å². The summed E-state index contributed by atoms with van der Waals surface area (Å²) in [5.41, 5.74) is -0.139. The Hall–Kier alpha value is -2.09. The van der Waals surface area contributed by atoms with Crippen LogP contribution in [0.4, 0.5) is 0 Å². The standard InChI is InChI=1S/C11H10BrNO6/c12-5-1-2-6(8(14)3-5)10(17)13-7(11(18)19)4-9(15)16/h1-3,7,14H,4H2,(H,13,17)(H,15,16)(H,18,19). The Morgan fingerprint density at radius 3 is 2.37 bits per heavy atom. The monoisotopic (exact) mass is 331 g/mol. The van der Waals surface area contributed by atoms with Gasteiger partial charge >= 0.3 is 11.9 Å². The molecule has 1 aromatic carbocycles. The summed E-state index contributed by atoms with van der Waals surface area (Å²) in [5.74, 6) is -4.02. The van der Waals surface area contributed by atoms with Crippen LogP contribution in [-0.4, -0.2) is 39.2 Å². The summed E-state index contributed by atoms with van der Waals surface area (Å²) in [6.45, 7) is 0. The van der Waals surface area contributed by atoms with E-state index in [9.17, 15) is 19.5 Å². The molecule has 0 saturated heterocycles. The summed E-state index contributed by atoms with van der Waals surface area (Å²) in [4.78, 5) is 33.0. The van der Waals surface area contributed by atoms with Crippen molar-refractivity contribution in [3.8, 4) is 5.75 Å². The predicted molar refractivity (Wildman–Crippen MR) is 66.9 cm³/mol. The number of carbonyl (C=O) groups is 3. The molecule has 0 spiro atoms. The number of halogens is 1. The van der Waals surface area contributed by atoms with Crippen LogP contribution in [0.3, 0.4) is 0 Å². The Kier molecular flexibility index (Phi) is 4.87. The fourth-order valence-electron chi connectivity index (χ4n) is 1.31. The molecule has 4 N–H and O–H groups in total. The Morgan fingerprint density at radius 1 is 1.26 bits per heavy atom. The molecule has 1 amide bonds. The third kappa shape index (κ3) is 4.25. The Labute approximate surface area is 116 Å². The fraction of sp³-hybridized carbons (Fsp3) is 0.182. The number of carboxylic acid groups (broad SMARTS) is 2. The lowest BCUT2D eigenvalue weighted by atomic mass is 10.1. The van der Waals surface area contributed by atoms with Crippen LogP contribution in [0.15, 0.2) is 22.7 Å². The Morgan fingerprint density at radius 2 is 1.89 bits per heavy atom. The van der Waals surface area contributed by atoms with Crippen LogP contribution in [-0.2, 0) is 9.59 Å². The van der Waals surface area contributed by atoms with E-state index in [0.29, 0.717) is 4.47 Å². The normalized spacial score (nSPS) is 11.6. The largest absolute Gasteiger partial charge is 0.507 e. The predicted octanol–water partition coefficient (Wildman–Crippen LogP) is 0.812. The number of hydrogen-bond donors (Lipinski definition) is 4. The molecule has 0 aliphatic carbocycles. The summed E-state index contributed by atoms with van der Waals surface area (Å²) in [5, 5.41) is 28.9. The van der Waals surface area contributed by atoms with E-state index in [4.69, 9.17) is 10.2 Å². The third-order valence-electron chi connectivity index (χ3n) is 2.19. The lowest BCUT2D eigenvalue weighted by Gasteiger charge is -2.13. The summed E-state index contributed by atoms with van der Waals surface area (Å²) >= 11 is 3.09. The number of rotatable bonds is 5. The number of carbonyl (C=O) groups excluding carboxylic acids is 1. The maximum Gasteiger partial charge on any atom is 0.326 e. The molecule has 0 bridgehead atoms. The van der Waals surface area contributed by atoms with E-state index < -0.39 is 30.3 Å². The van der Waals surface area contributed by atoms with Gasteiger partial charge in [-0.25, -0.2) is 4.79 Å². The highest BCUT2D eigenvalue weighted by Gasteiger charge is 2.24. The highest BCUT2D eigenvalue weighted by atomic mass is 79.9. The molecule has 1 rings (SSSR count). The molecule has 102 valence electrons. The first-order valence-corrected chi connectivity index (χ1v) is 5.84. The molecule has 0 saturated carbocycles. The Bertz CT molecular complexity index is 530. The van der Waals surface area contributed by atoms with Crippen molar-refractivity contribution in [1.29, 1.82) is 0 Å². The highest BCUT2D eigenvalue weighted by Crippen LogP contribution is 2.22. The van der Waals surface area contributed by atoms with Gasteiger partial charge in [0.25, 0.3) is 5.91 Å². The zero-order valence-corrected chi connectivity index (χ0v) is 11.0. The zero-order valence-electron chi connectivity index (χ0n) is 9.46. The molecule has 0 fully saturated rings. The number of nitrogens with one attached hydrogen (secondary N) is 1. The number of benzene rings is 1. The molecular formula is C11H10BrNO6. The van der Waals surface area contributed by atoms with Gasteiger partial charge in [-0.3, -0.25) is 9.59 Å². The summed E-state index contributed by atoms with van der Waals surface area (Å²) in [6, 6.07) is 2.48. The van der Waals surface area contributed by atoms with Crippen LogP contribution in [0.2, 0.25) is 0 Å². The molecule has 0 heterocycles. The van der Waals surface area contributed by atoms with Crippen molar-refractivity contribution < 1.29 is 29.7 Å². The van der Waals surface area contributed by atoms with E-state index in [2.05, 4.69) is 15.9 Å². The Balaban J connectivity index is 2.87. The average Bonchev–Trinajstić information content (AvgIpc) is 2.26. The van der Waals surface area contributed by atoms with Crippen molar-refractivity contribution in [2.75, 3.05) is 0 Å². The zero-order chi connectivity index (χ0) is 14.6. The van der Waals surface area contributed by atoms with Gasteiger partial charge in [-0.15, -0.1) is 0 Å². The van der Waals surface area contributed by atoms with E-state index >= 15 is 0 Å². The van der Waals surface area contributed by atoms with Crippen molar-refractivity contribution in [2.45, 2.75) is 12.5 Å². The number of aromatic hydroxyl groups is 1. The van der Waals surface area contributed by atoms with Crippen LogP contribution in [0.1, 0.15) is 16.8 Å². The van der Waals surface area contributed by atoms with Crippen LogP contribution in [0, 0.1) is 0 Å². The van der Waals surface area contributed by atoms with Gasteiger partial charge in [-0.1, -0.05) is 15.9 Å². The molecular weight excluding hydrogens is 322 g/mol. The average molecular weight is 332 g/mol. The topological polar surface area (TPSA) is 124 Å². The van der Waals surface area contributed by atoms with E-state index in [1.54, 1.807) is 0 Å². The van der Waals surface area contributed by atoms with Crippen molar-refractivity contribution in [3.05, 3.63) is 28.2 Å². The van der Waals surface area contributed by atoms with Crippen LogP contribution in [0.25, 0.3) is 0 Å². The molecule has 1 aromatic rings. The summed E-state index contributed by atoms with van der Waals surface area (Å²) in [7, 11) is 0. The molecule has 0 aromatic heterocycles. The molecule has 8 heteroatoms. The van der Waals surface area contributed by atoms with Crippen molar-refractivity contribution in [2.24, 2.45) is 0 Å². The number of phenolic OH excluding ortho intramolecular Hbond substituents is 1. The van der Waals surface area contributed by atoms with E-state index in [-0.39, 0.29) is 11.3 Å². The lowest BCUT2D eigenvalue weighted by Crippen LogP contribution is -2.42. The SMILES string of the molecule is O=C(O)CC(NC(=O)c1ccc(Br)cc1O)C(=O)O. The van der Waals surface area contributed by atoms with Gasteiger partial charge in [0.05, 0.1) is 12.0 Å². The number of amides is 1. The smallest absolute Gasteiger partial charge is 0.326 e. The van der Waals surface area contributed by atoms with Gasteiger partial charge in [0.1, 0.15) is 11.8 Å². The highest BCUT2D eigenvalue weighted by molar-refractivity contribution is 9.10. The minimum atomic E-state index is -1.56. The molecule has 0 radical (unpaired) electrons. The second-order valence-corrected chi connectivity index (χ2v) is 4.54. The first kappa shape index (κ1) is 15.0. The first-order valence-electron chi connectivity index (χ1n) is 5.05. The quantitative estimate of drug-likeness (QED) is 0.633. The minimum Gasteiger partial charge on any atom is -0.507 e. The van der Waals surface area contributed by atoms with Gasteiger partial charge in [0.2, 0.25) is 0 Å². The maximum atomic E-state index is 11.7. The van der Waals surface area contributed by atoms with Crippen LogP contribution in [0.5, 0.6) is 5.75 Å². The molecule has 0 aliphatic heterocycles. The second kappa shape index (κ2) is 6.19. The number of carboxylic acids is 2. The van der Waals surface area contributed by atoms with Gasteiger partial charge in [-0.05, 0) is 18.2 Å². The molecule has 19 heavy (non-hydrogen) atoms.